The van der Waals surface area contributed by atoms with Gasteiger partial charge in [0.15, 0.2) is 5.82 Å². The Bertz CT molecular complexity index is 884. The van der Waals surface area contributed by atoms with E-state index in [9.17, 15) is 9.59 Å². The summed E-state index contributed by atoms with van der Waals surface area (Å²) in [5.41, 5.74) is 1.88. The van der Waals surface area contributed by atoms with Gasteiger partial charge in [0.2, 0.25) is 0 Å². The lowest BCUT2D eigenvalue weighted by Gasteiger charge is -2.13. The van der Waals surface area contributed by atoms with Crippen molar-refractivity contribution >= 4 is 11.8 Å². The molecule has 2 amide bonds. The van der Waals surface area contributed by atoms with Crippen LogP contribution in [0.15, 0.2) is 54.6 Å². The van der Waals surface area contributed by atoms with Gasteiger partial charge in [-0.15, -0.1) is 5.10 Å². The van der Waals surface area contributed by atoms with Crippen molar-refractivity contribution in [2.45, 2.75) is 13.1 Å². The third kappa shape index (κ3) is 2.36. The standard InChI is InChI=1S/C17H13N5O2/c23-16-13-8-4-5-9-14(13)17(24)21(16)11-15-18-19-20-22(15)10-12-6-2-1-3-7-12/h1-9H,10-11H2. The van der Waals surface area contributed by atoms with Crippen LogP contribution in [0.3, 0.4) is 0 Å². The summed E-state index contributed by atoms with van der Waals surface area (Å²) in [4.78, 5) is 26.0. The van der Waals surface area contributed by atoms with E-state index in [1.165, 1.54) is 4.90 Å². The van der Waals surface area contributed by atoms with Gasteiger partial charge in [0.05, 0.1) is 24.2 Å². The van der Waals surface area contributed by atoms with Crippen LogP contribution in [0.5, 0.6) is 0 Å². The van der Waals surface area contributed by atoms with Crippen LogP contribution in [0.1, 0.15) is 32.1 Å². The van der Waals surface area contributed by atoms with Gasteiger partial charge in [-0.2, -0.15) is 0 Å². The SMILES string of the molecule is O=C1c2ccccc2C(=O)N1Cc1nnnn1Cc1ccccc1. The number of imide groups is 1. The molecule has 2 heterocycles. The van der Waals surface area contributed by atoms with Crippen molar-refractivity contribution in [1.82, 2.24) is 25.1 Å². The molecule has 4 rings (SSSR count). The van der Waals surface area contributed by atoms with E-state index in [0.29, 0.717) is 23.5 Å². The summed E-state index contributed by atoms with van der Waals surface area (Å²) in [6, 6.07) is 16.5. The molecule has 1 aromatic heterocycles. The quantitative estimate of drug-likeness (QED) is 0.681. The molecular formula is C17H13N5O2. The van der Waals surface area contributed by atoms with Crippen molar-refractivity contribution in [3.05, 3.63) is 77.1 Å². The molecule has 0 bridgehead atoms. The molecule has 0 aliphatic carbocycles. The van der Waals surface area contributed by atoms with Gasteiger partial charge in [-0.1, -0.05) is 42.5 Å². The van der Waals surface area contributed by atoms with Gasteiger partial charge in [-0.3, -0.25) is 14.5 Å². The van der Waals surface area contributed by atoms with Crippen molar-refractivity contribution in [1.29, 1.82) is 0 Å². The molecule has 0 unspecified atom stereocenters. The Balaban J connectivity index is 1.58. The Labute approximate surface area is 137 Å². The zero-order valence-corrected chi connectivity index (χ0v) is 12.7. The number of hydrogen-bond donors (Lipinski definition) is 0. The minimum absolute atomic E-state index is 0.0478. The molecule has 0 saturated heterocycles. The zero-order chi connectivity index (χ0) is 16.5. The lowest BCUT2D eigenvalue weighted by Crippen LogP contribution is -2.30. The molecule has 118 valence electrons. The summed E-state index contributed by atoms with van der Waals surface area (Å²) < 4.78 is 1.60. The highest BCUT2D eigenvalue weighted by Crippen LogP contribution is 2.23. The number of hydrogen-bond acceptors (Lipinski definition) is 5. The van der Waals surface area contributed by atoms with Crippen molar-refractivity contribution in [3.8, 4) is 0 Å². The van der Waals surface area contributed by atoms with Crippen LogP contribution in [-0.2, 0) is 13.1 Å². The second-order valence-corrected chi connectivity index (χ2v) is 5.48. The second kappa shape index (κ2) is 5.69. The molecule has 0 saturated carbocycles. The van der Waals surface area contributed by atoms with Crippen LogP contribution in [0.25, 0.3) is 0 Å². The van der Waals surface area contributed by atoms with Crippen molar-refractivity contribution < 1.29 is 9.59 Å². The molecule has 1 aliphatic heterocycles. The van der Waals surface area contributed by atoms with Crippen molar-refractivity contribution in [2.75, 3.05) is 0 Å². The van der Waals surface area contributed by atoms with Crippen molar-refractivity contribution in [2.24, 2.45) is 0 Å². The van der Waals surface area contributed by atoms with Gasteiger partial charge in [0, 0.05) is 0 Å². The molecule has 0 spiro atoms. The van der Waals surface area contributed by atoms with Crippen molar-refractivity contribution in [3.63, 3.8) is 0 Å². The minimum atomic E-state index is -0.315. The highest BCUT2D eigenvalue weighted by atomic mass is 16.2. The third-order valence-corrected chi connectivity index (χ3v) is 3.96. The zero-order valence-electron chi connectivity index (χ0n) is 12.7. The maximum Gasteiger partial charge on any atom is 0.261 e. The Kier molecular flexibility index (Phi) is 3.38. The van der Waals surface area contributed by atoms with Crippen LogP contribution >= 0.6 is 0 Å². The lowest BCUT2D eigenvalue weighted by molar-refractivity contribution is 0.0636. The van der Waals surface area contributed by atoms with Crippen LogP contribution in [0, 0.1) is 0 Å². The second-order valence-electron chi connectivity index (χ2n) is 5.48. The number of tetrazole rings is 1. The summed E-state index contributed by atoms with van der Waals surface area (Å²) in [7, 11) is 0. The van der Waals surface area contributed by atoms with Gasteiger partial charge in [-0.25, -0.2) is 4.68 Å². The molecule has 7 heteroatoms. The smallest absolute Gasteiger partial charge is 0.261 e. The summed E-state index contributed by atoms with van der Waals surface area (Å²) >= 11 is 0. The first-order chi connectivity index (χ1) is 11.7. The topological polar surface area (TPSA) is 81.0 Å². The number of amides is 2. The highest BCUT2D eigenvalue weighted by Gasteiger charge is 2.36. The Morgan fingerprint density at radius 2 is 1.42 bits per heavy atom. The molecule has 7 nitrogen and oxygen atoms in total. The van der Waals surface area contributed by atoms with Crippen LogP contribution < -0.4 is 0 Å². The normalized spacial score (nSPS) is 13.4. The first-order valence-corrected chi connectivity index (χ1v) is 7.48. The van der Waals surface area contributed by atoms with Gasteiger partial charge < -0.3 is 0 Å². The largest absolute Gasteiger partial charge is 0.269 e. The molecule has 0 atom stereocenters. The average Bonchev–Trinajstić information content (AvgIpc) is 3.15. The summed E-state index contributed by atoms with van der Waals surface area (Å²) in [5, 5.41) is 11.6. The van der Waals surface area contributed by atoms with E-state index in [1.807, 2.05) is 30.3 Å². The summed E-state index contributed by atoms with van der Waals surface area (Å²) in [6.45, 7) is 0.526. The number of fused-ring (bicyclic) bond motifs is 1. The summed E-state index contributed by atoms with van der Waals surface area (Å²) in [5.74, 6) is -0.164. The van der Waals surface area contributed by atoms with Gasteiger partial charge in [-0.05, 0) is 28.1 Å². The predicted octanol–water partition coefficient (Wildman–Crippen LogP) is 1.52. The molecule has 0 N–H and O–H groups in total. The number of aromatic nitrogens is 4. The van der Waals surface area contributed by atoms with E-state index < -0.39 is 0 Å². The number of nitrogens with zero attached hydrogens (tertiary/aromatic N) is 5. The number of benzene rings is 2. The fraction of sp³-hybridized carbons (Fsp3) is 0.118. The molecule has 2 aromatic carbocycles. The van der Waals surface area contributed by atoms with Crippen LogP contribution in [0.4, 0.5) is 0 Å². The Hall–Kier alpha value is -3.35. The molecule has 24 heavy (non-hydrogen) atoms. The highest BCUT2D eigenvalue weighted by molar-refractivity contribution is 6.21. The van der Waals surface area contributed by atoms with Gasteiger partial charge >= 0.3 is 0 Å². The Morgan fingerprint density at radius 3 is 2.08 bits per heavy atom. The number of carbonyl (C=O) groups excluding carboxylic acids is 2. The fourth-order valence-corrected chi connectivity index (χ4v) is 2.74. The maximum absolute atomic E-state index is 12.4. The molecule has 0 fully saturated rings. The van der Waals surface area contributed by atoms with Gasteiger partial charge in [0.25, 0.3) is 11.8 Å². The van der Waals surface area contributed by atoms with Crippen LogP contribution in [0.2, 0.25) is 0 Å². The maximum atomic E-state index is 12.4. The van der Waals surface area contributed by atoms with E-state index in [0.717, 1.165) is 5.56 Å². The van der Waals surface area contributed by atoms with E-state index >= 15 is 0 Å². The van der Waals surface area contributed by atoms with E-state index in [-0.39, 0.29) is 18.4 Å². The van der Waals surface area contributed by atoms with Crippen LogP contribution in [-0.4, -0.2) is 36.9 Å². The molecule has 3 aromatic rings. The van der Waals surface area contributed by atoms with E-state index in [4.69, 9.17) is 0 Å². The Morgan fingerprint density at radius 1 is 0.792 bits per heavy atom. The minimum Gasteiger partial charge on any atom is -0.269 e. The van der Waals surface area contributed by atoms with E-state index in [1.54, 1.807) is 28.9 Å². The molecule has 0 radical (unpaired) electrons. The fourth-order valence-electron chi connectivity index (χ4n) is 2.74. The lowest BCUT2D eigenvalue weighted by atomic mass is 10.1. The van der Waals surface area contributed by atoms with Gasteiger partial charge in [0.1, 0.15) is 0 Å². The summed E-state index contributed by atoms with van der Waals surface area (Å²) in [6.07, 6.45) is 0. The average molecular weight is 319 g/mol. The molecular weight excluding hydrogens is 306 g/mol. The number of carbonyl (C=O) groups is 2. The third-order valence-electron chi connectivity index (χ3n) is 3.96. The van der Waals surface area contributed by atoms with E-state index in [2.05, 4.69) is 15.5 Å². The monoisotopic (exact) mass is 319 g/mol. The number of rotatable bonds is 4. The first-order valence-electron chi connectivity index (χ1n) is 7.48. The first kappa shape index (κ1) is 14.3. The predicted molar refractivity (Wildman–Crippen MR) is 84.0 cm³/mol. The molecule has 1 aliphatic rings.